The highest BCUT2D eigenvalue weighted by Gasteiger charge is 2.09. The summed E-state index contributed by atoms with van der Waals surface area (Å²) in [5.74, 6) is 1.30. The number of aliphatic hydroxyl groups is 1. The number of aliphatic hydroxyl groups excluding tert-OH is 1. The number of methoxy groups -OCH3 is 1. The van der Waals surface area contributed by atoms with Gasteiger partial charge in [-0.1, -0.05) is 17.7 Å². The van der Waals surface area contributed by atoms with Crippen LogP contribution in [0.25, 0.3) is 0 Å². The van der Waals surface area contributed by atoms with Gasteiger partial charge in [-0.05, 0) is 24.0 Å². The van der Waals surface area contributed by atoms with Crippen LogP contribution in [0.4, 0.5) is 0 Å². The summed E-state index contributed by atoms with van der Waals surface area (Å²) in [4.78, 5) is 0. The van der Waals surface area contributed by atoms with Crippen molar-refractivity contribution in [3.05, 3.63) is 28.8 Å². The van der Waals surface area contributed by atoms with Crippen LogP contribution in [0.5, 0.6) is 5.75 Å². The molecule has 0 aromatic heterocycles. The van der Waals surface area contributed by atoms with E-state index in [1.165, 1.54) is 0 Å². The van der Waals surface area contributed by atoms with Gasteiger partial charge >= 0.3 is 0 Å². The first-order valence-corrected chi connectivity index (χ1v) is 5.96. The molecule has 0 bridgehead atoms. The van der Waals surface area contributed by atoms with E-state index in [0.29, 0.717) is 16.5 Å². The molecule has 0 heterocycles. The molecule has 0 fully saturated rings. The number of hydrogen-bond acceptors (Lipinski definition) is 3. The Bertz CT molecular complexity index is 304. The Kier molecular flexibility index (Phi) is 4.58. The summed E-state index contributed by atoms with van der Waals surface area (Å²) in [6, 6.07) is 5.33. The Morgan fingerprint density at radius 2 is 2.29 bits per heavy atom. The van der Waals surface area contributed by atoms with Crippen molar-refractivity contribution in [2.45, 2.75) is 6.10 Å². The highest BCUT2D eigenvalue weighted by atomic mass is 35.5. The maximum absolute atomic E-state index is 9.69. The number of benzene rings is 1. The largest absolute Gasteiger partial charge is 0.495 e. The maximum atomic E-state index is 9.69. The Morgan fingerprint density at radius 1 is 1.57 bits per heavy atom. The third-order valence-electron chi connectivity index (χ3n) is 1.89. The van der Waals surface area contributed by atoms with E-state index in [-0.39, 0.29) is 0 Å². The van der Waals surface area contributed by atoms with Crippen molar-refractivity contribution in [1.82, 2.24) is 0 Å². The van der Waals surface area contributed by atoms with Gasteiger partial charge in [0.05, 0.1) is 18.2 Å². The van der Waals surface area contributed by atoms with Crippen LogP contribution < -0.4 is 4.74 Å². The van der Waals surface area contributed by atoms with E-state index < -0.39 is 6.10 Å². The fourth-order valence-electron chi connectivity index (χ4n) is 1.14. The van der Waals surface area contributed by atoms with Crippen LogP contribution >= 0.6 is 23.4 Å². The number of halogens is 1. The molecule has 78 valence electrons. The SMILES string of the molecule is COc1ccc(C(O)CSC)cc1Cl. The predicted molar refractivity (Wildman–Crippen MR) is 61.3 cm³/mol. The van der Waals surface area contributed by atoms with Crippen LogP contribution in [-0.2, 0) is 0 Å². The Hall–Kier alpha value is -0.380. The van der Waals surface area contributed by atoms with E-state index in [1.54, 1.807) is 31.0 Å². The van der Waals surface area contributed by atoms with Crippen molar-refractivity contribution in [3.63, 3.8) is 0 Å². The summed E-state index contributed by atoms with van der Waals surface area (Å²) in [6.07, 6.45) is 1.49. The molecule has 1 rings (SSSR count). The molecule has 0 amide bonds. The van der Waals surface area contributed by atoms with Crippen LogP contribution in [0.1, 0.15) is 11.7 Å². The Morgan fingerprint density at radius 3 is 2.79 bits per heavy atom. The Labute approximate surface area is 93.2 Å². The summed E-state index contributed by atoms with van der Waals surface area (Å²) in [5.41, 5.74) is 0.824. The minimum atomic E-state index is -0.464. The summed E-state index contributed by atoms with van der Waals surface area (Å²) in [5, 5.41) is 10.2. The van der Waals surface area contributed by atoms with Crippen molar-refractivity contribution < 1.29 is 9.84 Å². The fraction of sp³-hybridized carbons (Fsp3) is 0.400. The molecule has 2 nitrogen and oxygen atoms in total. The van der Waals surface area contributed by atoms with Crippen molar-refractivity contribution in [3.8, 4) is 5.75 Å². The highest BCUT2D eigenvalue weighted by Crippen LogP contribution is 2.28. The van der Waals surface area contributed by atoms with Gasteiger partial charge in [-0.15, -0.1) is 0 Å². The van der Waals surface area contributed by atoms with Crippen LogP contribution in [0, 0.1) is 0 Å². The van der Waals surface area contributed by atoms with E-state index in [0.717, 1.165) is 5.56 Å². The van der Waals surface area contributed by atoms with Crippen LogP contribution in [-0.4, -0.2) is 24.2 Å². The molecule has 0 aliphatic carbocycles. The van der Waals surface area contributed by atoms with Gasteiger partial charge < -0.3 is 9.84 Å². The summed E-state index contributed by atoms with van der Waals surface area (Å²) >= 11 is 7.53. The third kappa shape index (κ3) is 2.80. The average molecular weight is 233 g/mol. The monoisotopic (exact) mass is 232 g/mol. The fourth-order valence-corrected chi connectivity index (χ4v) is 1.92. The first kappa shape index (κ1) is 11.7. The van der Waals surface area contributed by atoms with E-state index >= 15 is 0 Å². The van der Waals surface area contributed by atoms with Crippen molar-refractivity contribution in [2.75, 3.05) is 19.1 Å². The second kappa shape index (κ2) is 5.49. The molecule has 14 heavy (non-hydrogen) atoms. The highest BCUT2D eigenvalue weighted by molar-refractivity contribution is 7.98. The minimum Gasteiger partial charge on any atom is -0.495 e. The van der Waals surface area contributed by atoms with E-state index in [9.17, 15) is 5.11 Å². The van der Waals surface area contributed by atoms with Gasteiger partial charge in [-0.2, -0.15) is 11.8 Å². The quantitative estimate of drug-likeness (QED) is 0.866. The molecular formula is C10H13ClO2S. The first-order valence-electron chi connectivity index (χ1n) is 4.19. The topological polar surface area (TPSA) is 29.5 Å². The molecule has 1 aromatic rings. The summed E-state index contributed by atoms with van der Waals surface area (Å²) in [7, 11) is 1.57. The zero-order chi connectivity index (χ0) is 10.6. The van der Waals surface area contributed by atoms with Crippen molar-refractivity contribution in [1.29, 1.82) is 0 Å². The molecule has 0 aliphatic rings. The molecule has 0 aliphatic heterocycles. The molecule has 0 saturated carbocycles. The second-order valence-electron chi connectivity index (χ2n) is 2.87. The number of thioether (sulfide) groups is 1. The maximum Gasteiger partial charge on any atom is 0.137 e. The van der Waals surface area contributed by atoms with E-state index in [4.69, 9.17) is 16.3 Å². The number of ether oxygens (including phenoxy) is 1. The lowest BCUT2D eigenvalue weighted by molar-refractivity contribution is 0.204. The molecular weight excluding hydrogens is 220 g/mol. The van der Waals surface area contributed by atoms with Gasteiger partial charge in [0, 0.05) is 5.75 Å². The molecule has 0 spiro atoms. The molecule has 1 aromatic carbocycles. The van der Waals surface area contributed by atoms with Gasteiger partial charge in [0.1, 0.15) is 5.75 Å². The first-order chi connectivity index (χ1) is 6.69. The van der Waals surface area contributed by atoms with Crippen LogP contribution in [0.3, 0.4) is 0 Å². The van der Waals surface area contributed by atoms with Crippen LogP contribution in [0.2, 0.25) is 5.02 Å². The van der Waals surface area contributed by atoms with E-state index in [2.05, 4.69) is 0 Å². The zero-order valence-corrected chi connectivity index (χ0v) is 9.73. The normalized spacial score (nSPS) is 12.6. The predicted octanol–water partition coefficient (Wildman–Crippen LogP) is 2.75. The molecule has 0 radical (unpaired) electrons. The lowest BCUT2D eigenvalue weighted by Gasteiger charge is -2.11. The van der Waals surface area contributed by atoms with Gasteiger partial charge in [-0.25, -0.2) is 0 Å². The van der Waals surface area contributed by atoms with Gasteiger partial charge in [0.2, 0.25) is 0 Å². The lowest BCUT2D eigenvalue weighted by atomic mass is 10.1. The number of hydrogen-bond donors (Lipinski definition) is 1. The van der Waals surface area contributed by atoms with Gasteiger partial charge in [0.25, 0.3) is 0 Å². The van der Waals surface area contributed by atoms with Crippen molar-refractivity contribution >= 4 is 23.4 Å². The smallest absolute Gasteiger partial charge is 0.137 e. The molecule has 1 N–H and O–H groups in total. The second-order valence-corrected chi connectivity index (χ2v) is 4.18. The zero-order valence-electron chi connectivity index (χ0n) is 8.16. The molecule has 0 saturated heterocycles. The molecule has 1 atom stereocenters. The molecule has 4 heteroatoms. The summed E-state index contributed by atoms with van der Waals surface area (Å²) in [6.45, 7) is 0. The molecule has 1 unspecified atom stereocenters. The van der Waals surface area contributed by atoms with Gasteiger partial charge in [-0.3, -0.25) is 0 Å². The minimum absolute atomic E-state index is 0.464. The number of rotatable bonds is 4. The third-order valence-corrected chi connectivity index (χ3v) is 2.83. The van der Waals surface area contributed by atoms with Crippen LogP contribution in [0.15, 0.2) is 18.2 Å². The van der Waals surface area contributed by atoms with Gasteiger partial charge in [0.15, 0.2) is 0 Å². The summed E-state index contributed by atoms with van der Waals surface area (Å²) < 4.78 is 5.02. The average Bonchev–Trinajstić information content (AvgIpc) is 2.18. The Balaban J connectivity index is 2.85. The lowest BCUT2D eigenvalue weighted by Crippen LogP contribution is -2.00. The van der Waals surface area contributed by atoms with E-state index in [1.807, 2.05) is 12.3 Å². The van der Waals surface area contributed by atoms with Crippen molar-refractivity contribution in [2.24, 2.45) is 0 Å². The standard InChI is InChI=1S/C10H13ClO2S/c1-13-10-4-3-7(5-8(10)11)9(12)6-14-2/h3-5,9,12H,6H2,1-2H3.